The molecule has 4 aliphatic carbocycles. The van der Waals surface area contributed by atoms with Crippen LogP contribution in [-0.2, 0) is 10.8 Å². The lowest BCUT2D eigenvalue weighted by atomic mass is 9.42. The van der Waals surface area contributed by atoms with Crippen molar-refractivity contribution in [1.82, 2.24) is 0 Å². The van der Waals surface area contributed by atoms with E-state index in [0.717, 1.165) is 11.6 Å². The van der Waals surface area contributed by atoms with Gasteiger partial charge in [-0.2, -0.15) is 0 Å². The summed E-state index contributed by atoms with van der Waals surface area (Å²) in [5.74, 6) is 1.96. The lowest BCUT2D eigenvalue weighted by molar-refractivity contribution is 0.0495. The van der Waals surface area contributed by atoms with Crippen LogP contribution in [0, 0.1) is 17.8 Å². The van der Waals surface area contributed by atoms with E-state index >= 15 is 0 Å². The van der Waals surface area contributed by atoms with Crippen molar-refractivity contribution >= 4 is 17.1 Å². The molecule has 2 unspecified atom stereocenters. The average molecular weight is 772 g/mol. The molecule has 0 aromatic heterocycles. The number of para-hydroxylation sites is 1. The highest BCUT2D eigenvalue weighted by molar-refractivity contribution is 5.92. The molecule has 4 aliphatic rings. The van der Waals surface area contributed by atoms with Crippen LogP contribution < -0.4 is 4.90 Å². The Kier molecular flexibility index (Phi) is 8.18. The van der Waals surface area contributed by atoms with Crippen LogP contribution in [0.5, 0.6) is 0 Å². The molecule has 8 aromatic rings. The smallest absolute Gasteiger partial charge is 0.0720 e. The van der Waals surface area contributed by atoms with E-state index in [1.807, 2.05) is 0 Å². The number of anilines is 3. The molecule has 12 rings (SSSR count). The number of hydrogen-bond donors (Lipinski definition) is 0. The van der Waals surface area contributed by atoms with Gasteiger partial charge in [0.25, 0.3) is 0 Å². The molecule has 4 atom stereocenters. The molecule has 2 fully saturated rings. The van der Waals surface area contributed by atoms with E-state index in [9.17, 15) is 0 Å². The maximum Gasteiger partial charge on any atom is 0.0720 e. The van der Waals surface area contributed by atoms with Crippen LogP contribution in [0.3, 0.4) is 0 Å². The molecular weight excluding hydrogens is 723 g/mol. The predicted molar refractivity (Wildman–Crippen MR) is 249 cm³/mol. The zero-order valence-corrected chi connectivity index (χ0v) is 34.3. The van der Waals surface area contributed by atoms with Crippen LogP contribution in [0.15, 0.2) is 200 Å². The SMILES string of the molecule is CC1C[C@H]2CCC[C@@H](C1)C21c2ccccc2C2(c3ccccc3-c3ccccc32)c2cc(N(c3ccc(-c4ccccc4)cc3)c3ccccc3-c3ccccc3)ccc21. The number of rotatable bonds is 5. The Morgan fingerprint density at radius 1 is 0.400 bits per heavy atom. The van der Waals surface area contributed by atoms with E-state index in [4.69, 9.17) is 0 Å². The Balaban J connectivity index is 1.17. The van der Waals surface area contributed by atoms with Crippen LogP contribution in [0.1, 0.15) is 72.4 Å². The minimum atomic E-state index is -0.459. The molecule has 0 amide bonds. The summed E-state index contributed by atoms with van der Waals surface area (Å²) in [6, 6.07) is 76.0. The Morgan fingerprint density at radius 2 is 0.883 bits per heavy atom. The minimum Gasteiger partial charge on any atom is -0.310 e. The maximum atomic E-state index is 2.65. The summed E-state index contributed by atoms with van der Waals surface area (Å²) in [5.41, 5.74) is 19.5. The third-order valence-electron chi connectivity index (χ3n) is 15.1. The number of hydrogen-bond acceptors (Lipinski definition) is 1. The molecule has 290 valence electrons. The molecular formula is C59H49N. The van der Waals surface area contributed by atoms with Crippen LogP contribution in [0.2, 0.25) is 0 Å². The summed E-state index contributed by atoms with van der Waals surface area (Å²) in [4.78, 5) is 2.54. The topological polar surface area (TPSA) is 3.24 Å². The van der Waals surface area contributed by atoms with Gasteiger partial charge in [-0.3, -0.25) is 0 Å². The van der Waals surface area contributed by atoms with E-state index in [-0.39, 0.29) is 5.41 Å². The fourth-order valence-electron chi connectivity index (χ4n) is 13.0. The van der Waals surface area contributed by atoms with Crippen LogP contribution in [-0.4, -0.2) is 0 Å². The summed E-state index contributed by atoms with van der Waals surface area (Å²) in [5, 5.41) is 0. The summed E-state index contributed by atoms with van der Waals surface area (Å²) < 4.78 is 0. The quantitative estimate of drug-likeness (QED) is 0.168. The molecule has 60 heavy (non-hydrogen) atoms. The van der Waals surface area contributed by atoms with Crippen LogP contribution >= 0.6 is 0 Å². The number of benzene rings is 8. The van der Waals surface area contributed by atoms with Gasteiger partial charge in [0.15, 0.2) is 0 Å². The second-order valence-electron chi connectivity index (χ2n) is 18.0. The highest BCUT2D eigenvalue weighted by Crippen LogP contribution is 2.69. The fourth-order valence-corrected chi connectivity index (χ4v) is 13.0. The Bertz CT molecular complexity index is 2830. The lowest BCUT2D eigenvalue weighted by Crippen LogP contribution is -2.55. The summed E-state index contributed by atoms with van der Waals surface area (Å²) in [6.07, 6.45) is 6.49. The monoisotopic (exact) mass is 771 g/mol. The lowest BCUT2D eigenvalue weighted by Gasteiger charge is -2.60. The van der Waals surface area contributed by atoms with Crippen molar-refractivity contribution in [2.24, 2.45) is 17.8 Å². The molecule has 2 spiro atoms. The molecule has 0 radical (unpaired) electrons. The number of fused-ring (bicyclic) bond motifs is 9. The van der Waals surface area contributed by atoms with Crippen molar-refractivity contribution < 1.29 is 0 Å². The Hall–Kier alpha value is -6.44. The summed E-state index contributed by atoms with van der Waals surface area (Å²) >= 11 is 0. The molecule has 1 heteroatoms. The van der Waals surface area contributed by atoms with Gasteiger partial charge in [0.05, 0.1) is 11.1 Å². The van der Waals surface area contributed by atoms with Gasteiger partial charge in [0.1, 0.15) is 0 Å². The van der Waals surface area contributed by atoms with E-state index in [2.05, 4.69) is 212 Å². The second-order valence-corrected chi connectivity index (χ2v) is 18.0. The Morgan fingerprint density at radius 3 is 1.53 bits per heavy atom. The zero-order chi connectivity index (χ0) is 39.8. The molecule has 0 aliphatic heterocycles. The van der Waals surface area contributed by atoms with Gasteiger partial charge in [0, 0.05) is 22.4 Å². The van der Waals surface area contributed by atoms with Crippen molar-refractivity contribution in [3.8, 4) is 33.4 Å². The van der Waals surface area contributed by atoms with Crippen molar-refractivity contribution in [1.29, 1.82) is 0 Å². The van der Waals surface area contributed by atoms with E-state index in [1.165, 1.54) is 99.1 Å². The largest absolute Gasteiger partial charge is 0.310 e. The van der Waals surface area contributed by atoms with Gasteiger partial charge >= 0.3 is 0 Å². The number of nitrogens with zero attached hydrogens (tertiary/aromatic N) is 1. The summed E-state index contributed by atoms with van der Waals surface area (Å²) in [7, 11) is 0. The van der Waals surface area contributed by atoms with Gasteiger partial charge in [0.2, 0.25) is 0 Å². The van der Waals surface area contributed by atoms with Gasteiger partial charge < -0.3 is 4.90 Å². The average Bonchev–Trinajstić information content (AvgIpc) is 3.60. The zero-order valence-electron chi connectivity index (χ0n) is 34.3. The normalized spacial score (nSPS) is 21.4. The molecule has 2 saturated carbocycles. The van der Waals surface area contributed by atoms with Crippen molar-refractivity contribution in [2.45, 2.75) is 49.9 Å². The molecule has 0 N–H and O–H groups in total. The molecule has 1 nitrogen and oxygen atoms in total. The van der Waals surface area contributed by atoms with Crippen LogP contribution in [0.4, 0.5) is 17.1 Å². The van der Waals surface area contributed by atoms with Gasteiger partial charge in [-0.05, 0) is 135 Å². The first-order valence-corrected chi connectivity index (χ1v) is 22.2. The first kappa shape index (κ1) is 35.5. The van der Waals surface area contributed by atoms with E-state index < -0.39 is 5.41 Å². The van der Waals surface area contributed by atoms with Crippen molar-refractivity contribution in [3.63, 3.8) is 0 Å². The molecule has 8 aromatic carbocycles. The van der Waals surface area contributed by atoms with Crippen molar-refractivity contribution in [3.05, 3.63) is 234 Å². The summed E-state index contributed by atoms with van der Waals surface area (Å²) in [6.45, 7) is 2.52. The minimum absolute atomic E-state index is 0.0307. The predicted octanol–water partition coefficient (Wildman–Crippen LogP) is 15.3. The third-order valence-corrected chi connectivity index (χ3v) is 15.1. The highest BCUT2D eigenvalue weighted by atomic mass is 15.1. The standard InChI is InChI=1S/C59H49N/c1-40-37-44-21-16-22-45(38-40)58(44)53-28-13-14-29-54(53)59(51-26-11-8-24-49(51)50-25-9-12-27-52(50)59)56-39-47(35-36-55(56)58)60(46-33-31-42(32-34-46)41-17-4-2-5-18-41)57-30-15-10-23-48(57)43-19-6-3-7-20-43/h2-15,17-20,23-36,39-40,44-45H,16,21-22,37-38H2,1H3/t40?,44-,45+,58?. The molecule has 0 saturated heterocycles. The maximum absolute atomic E-state index is 2.65. The van der Waals surface area contributed by atoms with Gasteiger partial charge in [-0.1, -0.05) is 183 Å². The van der Waals surface area contributed by atoms with Crippen LogP contribution in [0.25, 0.3) is 33.4 Å². The van der Waals surface area contributed by atoms with Crippen molar-refractivity contribution in [2.75, 3.05) is 4.90 Å². The first-order valence-electron chi connectivity index (χ1n) is 22.2. The molecule has 2 bridgehead atoms. The van der Waals surface area contributed by atoms with Gasteiger partial charge in [-0.25, -0.2) is 0 Å². The van der Waals surface area contributed by atoms with E-state index in [0.29, 0.717) is 11.8 Å². The first-order chi connectivity index (χ1) is 29.7. The fraction of sp³-hybridized carbons (Fsp3) is 0.186. The highest BCUT2D eigenvalue weighted by Gasteiger charge is 2.61. The third kappa shape index (κ3) is 4.99. The second kappa shape index (κ2) is 13.8. The van der Waals surface area contributed by atoms with Gasteiger partial charge in [-0.15, -0.1) is 0 Å². The molecule has 0 heterocycles. The Labute approximate surface area is 355 Å². The van der Waals surface area contributed by atoms with E-state index in [1.54, 1.807) is 11.1 Å².